The number of carboxylic acids is 1. The van der Waals surface area contributed by atoms with Crippen LogP contribution < -0.4 is 5.32 Å². The van der Waals surface area contributed by atoms with E-state index in [-0.39, 0.29) is 5.82 Å². The summed E-state index contributed by atoms with van der Waals surface area (Å²) in [6.07, 6.45) is 0.390. The van der Waals surface area contributed by atoms with Gasteiger partial charge in [-0.15, -0.1) is 0 Å². The number of nitrogens with one attached hydrogen (secondary N) is 1. The number of rotatable bonds is 7. The van der Waals surface area contributed by atoms with Gasteiger partial charge in [0.1, 0.15) is 11.4 Å². The number of hydrogen-bond acceptors (Lipinski definition) is 3. The van der Waals surface area contributed by atoms with Crippen molar-refractivity contribution in [1.82, 2.24) is 10.2 Å². The lowest BCUT2D eigenvalue weighted by Crippen LogP contribution is -2.50. The minimum Gasteiger partial charge on any atom is -0.480 e. The van der Waals surface area contributed by atoms with E-state index in [1.165, 1.54) is 24.3 Å². The van der Waals surface area contributed by atoms with Crippen LogP contribution in [0.15, 0.2) is 24.3 Å². The van der Waals surface area contributed by atoms with Gasteiger partial charge in [-0.3, -0.25) is 5.32 Å². The molecule has 0 aliphatic carbocycles. The van der Waals surface area contributed by atoms with E-state index in [2.05, 4.69) is 5.32 Å². The van der Waals surface area contributed by atoms with E-state index < -0.39 is 11.5 Å². The topological polar surface area (TPSA) is 52.6 Å². The summed E-state index contributed by atoms with van der Waals surface area (Å²) >= 11 is 0. The molecule has 106 valence electrons. The van der Waals surface area contributed by atoms with Crippen LogP contribution in [0.3, 0.4) is 0 Å². The number of aliphatic carboxylic acids is 1. The Balaban J connectivity index is 2.98. The number of hydrogen-bond donors (Lipinski definition) is 2. The van der Waals surface area contributed by atoms with Crippen LogP contribution in [0.25, 0.3) is 0 Å². The SMILES string of the molecule is CCC(NCCN(C)C)(C(=O)O)c1ccc(F)cc1. The summed E-state index contributed by atoms with van der Waals surface area (Å²) in [4.78, 5) is 13.6. The van der Waals surface area contributed by atoms with Gasteiger partial charge in [0.05, 0.1) is 0 Å². The van der Waals surface area contributed by atoms with Gasteiger partial charge in [-0.2, -0.15) is 0 Å². The minimum atomic E-state index is -1.16. The van der Waals surface area contributed by atoms with E-state index in [4.69, 9.17) is 0 Å². The summed E-state index contributed by atoms with van der Waals surface area (Å²) in [6, 6.07) is 5.62. The van der Waals surface area contributed by atoms with Crippen LogP contribution in [0.5, 0.6) is 0 Å². The molecule has 0 bridgehead atoms. The molecule has 2 N–H and O–H groups in total. The molecule has 4 nitrogen and oxygen atoms in total. The van der Waals surface area contributed by atoms with Gasteiger partial charge in [0.25, 0.3) is 0 Å². The molecule has 1 atom stereocenters. The summed E-state index contributed by atoms with van der Waals surface area (Å²) in [6.45, 7) is 3.08. The van der Waals surface area contributed by atoms with E-state index in [1.807, 2.05) is 19.0 Å². The molecule has 0 spiro atoms. The predicted octanol–water partition coefficient (Wildman–Crippen LogP) is 1.67. The first-order valence-electron chi connectivity index (χ1n) is 6.31. The molecule has 0 aliphatic rings. The lowest BCUT2D eigenvalue weighted by Gasteiger charge is -2.30. The van der Waals surface area contributed by atoms with Crippen molar-refractivity contribution in [2.75, 3.05) is 27.2 Å². The average molecular weight is 268 g/mol. The second-order valence-electron chi connectivity index (χ2n) is 4.80. The monoisotopic (exact) mass is 268 g/mol. The van der Waals surface area contributed by atoms with Crippen LogP contribution in [0.4, 0.5) is 4.39 Å². The number of carboxylic acid groups (broad SMARTS) is 1. The van der Waals surface area contributed by atoms with Crippen molar-refractivity contribution in [3.8, 4) is 0 Å². The normalized spacial score (nSPS) is 14.4. The van der Waals surface area contributed by atoms with Crippen molar-refractivity contribution in [3.05, 3.63) is 35.6 Å². The van der Waals surface area contributed by atoms with Crippen LogP contribution in [-0.2, 0) is 10.3 Å². The second kappa shape index (κ2) is 6.63. The standard InChI is InChI=1S/C14H21FN2O2/c1-4-14(13(18)19,16-9-10-17(2)3)11-5-7-12(15)8-6-11/h5-8,16H,4,9-10H2,1-3H3,(H,18,19). The molecule has 0 heterocycles. The van der Waals surface area contributed by atoms with Crippen LogP contribution in [0.1, 0.15) is 18.9 Å². The number of likely N-dealkylation sites (N-methyl/N-ethyl adjacent to an activating group) is 1. The number of halogens is 1. The van der Waals surface area contributed by atoms with Gasteiger partial charge in [0.2, 0.25) is 0 Å². The Morgan fingerprint density at radius 2 is 1.95 bits per heavy atom. The first-order chi connectivity index (χ1) is 8.92. The molecule has 0 saturated heterocycles. The minimum absolute atomic E-state index is 0.368. The Morgan fingerprint density at radius 3 is 2.37 bits per heavy atom. The molecule has 0 radical (unpaired) electrons. The van der Waals surface area contributed by atoms with Crippen molar-refractivity contribution in [2.45, 2.75) is 18.9 Å². The summed E-state index contributed by atoms with van der Waals surface area (Å²) in [5.74, 6) is -1.31. The summed E-state index contributed by atoms with van der Waals surface area (Å²) in [7, 11) is 3.85. The highest BCUT2D eigenvalue weighted by atomic mass is 19.1. The van der Waals surface area contributed by atoms with Gasteiger partial charge in [-0.1, -0.05) is 19.1 Å². The molecule has 0 amide bonds. The molecule has 0 aromatic heterocycles. The lowest BCUT2D eigenvalue weighted by atomic mass is 9.87. The highest BCUT2D eigenvalue weighted by molar-refractivity contribution is 5.80. The zero-order chi connectivity index (χ0) is 14.5. The molecule has 1 aromatic rings. The van der Waals surface area contributed by atoms with Gasteiger partial charge in [0, 0.05) is 13.1 Å². The fourth-order valence-electron chi connectivity index (χ4n) is 2.01. The van der Waals surface area contributed by atoms with Gasteiger partial charge in [-0.25, -0.2) is 9.18 Å². The maximum absolute atomic E-state index is 13.0. The van der Waals surface area contributed by atoms with Crippen molar-refractivity contribution < 1.29 is 14.3 Å². The largest absolute Gasteiger partial charge is 0.480 e. The van der Waals surface area contributed by atoms with E-state index in [9.17, 15) is 14.3 Å². The first kappa shape index (κ1) is 15.6. The Labute approximate surface area is 113 Å². The van der Waals surface area contributed by atoms with E-state index in [1.54, 1.807) is 6.92 Å². The van der Waals surface area contributed by atoms with E-state index in [0.717, 1.165) is 6.54 Å². The molecule has 1 rings (SSSR count). The van der Waals surface area contributed by atoms with E-state index >= 15 is 0 Å². The highest BCUT2D eigenvalue weighted by Gasteiger charge is 2.38. The molecular formula is C14H21FN2O2. The first-order valence-corrected chi connectivity index (χ1v) is 6.31. The number of carbonyl (C=O) groups is 1. The zero-order valence-corrected chi connectivity index (χ0v) is 11.6. The smallest absolute Gasteiger partial charge is 0.328 e. The van der Waals surface area contributed by atoms with Gasteiger partial charge >= 0.3 is 5.97 Å². The Bertz CT molecular complexity index is 420. The Morgan fingerprint density at radius 1 is 1.37 bits per heavy atom. The number of nitrogens with zero attached hydrogens (tertiary/aromatic N) is 1. The summed E-state index contributed by atoms with van der Waals surface area (Å²) < 4.78 is 13.0. The number of benzene rings is 1. The maximum Gasteiger partial charge on any atom is 0.328 e. The van der Waals surface area contributed by atoms with E-state index in [0.29, 0.717) is 18.5 Å². The quantitative estimate of drug-likeness (QED) is 0.790. The van der Waals surface area contributed by atoms with Crippen molar-refractivity contribution >= 4 is 5.97 Å². The lowest BCUT2D eigenvalue weighted by molar-refractivity contribution is -0.145. The predicted molar refractivity (Wildman–Crippen MR) is 72.6 cm³/mol. The van der Waals surface area contributed by atoms with Crippen molar-refractivity contribution in [2.24, 2.45) is 0 Å². The van der Waals surface area contributed by atoms with Crippen LogP contribution >= 0.6 is 0 Å². The second-order valence-corrected chi connectivity index (χ2v) is 4.80. The summed E-state index contributed by atoms with van der Waals surface area (Å²) in [5.41, 5.74) is -0.591. The van der Waals surface area contributed by atoms with Crippen LogP contribution in [0, 0.1) is 5.82 Å². The molecule has 19 heavy (non-hydrogen) atoms. The molecule has 0 saturated carbocycles. The molecule has 1 unspecified atom stereocenters. The van der Waals surface area contributed by atoms with Crippen LogP contribution in [0.2, 0.25) is 0 Å². The Kier molecular flexibility index (Phi) is 5.44. The van der Waals surface area contributed by atoms with Gasteiger partial charge in [-0.05, 0) is 38.2 Å². The average Bonchev–Trinajstić information content (AvgIpc) is 2.35. The highest BCUT2D eigenvalue weighted by Crippen LogP contribution is 2.25. The zero-order valence-electron chi connectivity index (χ0n) is 11.6. The summed E-state index contributed by atoms with van der Waals surface area (Å²) in [5, 5.41) is 12.6. The van der Waals surface area contributed by atoms with Crippen molar-refractivity contribution in [1.29, 1.82) is 0 Å². The molecular weight excluding hydrogens is 247 g/mol. The fraction of sp³-hybridized carbons (Fsp3) is 0.500. The van der Waals surface area contributed by atoms with Gasteiger partial charge < -0.3 is 10.0 Å². The van der Waals surface area contributed by atoms with Crippen molar-refractivity contribution in [3.63, 3.8) is 0 Å². The third-order valence-corrected chi connectivity index (χ3v) is 3.22. The Hall–Kier alpha value is -1.46. The third-order valence-electron chi connectivity index (χ3n) is 3.22. The van der Waals surface area contributed by atoms with Gasteiger partial charge in [0.15, 0.2) is 0 Å². The molecule has 1 aromatic carbocycles. The third kappa shape index (κ3) is 3.75. The molecule has 0 fully saturated rings. The molecule has 0 aliphatic heterocycles. The van der Waals surface area contributed by atoms with Crippen LogP contribution in [-0.4, -0.2) is 43.2 Å². The molecule has 5 heteroatoms. The maximum atomic E-state index is 13.0. The fourth-order valence-corrected chi connectivity index (χ4v) is 2.01.